The van der Waals surface area contributed by atoms with Gasteiger partial charge in [0.1, 0.15) is 29.0 Å². The number of hydrogen-bond acceptors (Lipinski definition) is 1. The number of unbranched alkanes of at least 4 members (excludes halogenated alkanes) is 2. The summed E-state index contributed by atoms with van der Waals surface area (Å²) in [5.41, 5.74) is 8.71. The van der Waals surface area contributed by atoms with Gasteiger partial charge >= 0.3 is 0 Å². The maximum Gasteiger partial charge on any atom is 0.136 e. The molecule has 2 rings (SSSR count). The molecule has 0 heterocycles. The van der Waals surface area contributed by atoms with Crippen LogP contribution in [-0.4, -0.2) is 0 Å². The fourth-order valence-corrected chi connectivity index (χ4v) is 2.58. The van der Waals surface area contributed by atoms with Gasteiger partial charge in [-0.15, -0.1) is 0 Å². The monoisotopic (exact) mass is 351 g/mol. The zero-order chi connectivity index (χ0) is 18.4. The van der Waals surface area contributed by atoms with Crippen LogP contribution in [0.4, 0.5) is 23.2 Å². The smallest absolute Gasteiger partial charge is 0.136 e. The molecule has 0 aliphatic heterocycles. The standard InChI is InChI=1S/C18H17F4N3/c1-11-14(19)7-12(8-15(11)20)5-3-2-4-6-13-9-16(21)18(24-25-23)17(22)10-13/h7-10H,2-6H2,1H3. The van der Waals surface area contributed by atoms with Crippen molar-refractivity contribution in [2.75, 3.05) is 0 Å². The average Bonchev–Trinajstić information content (AvgIpc) is 2.55. The SMILES string of the molecule is Cc1c(F)cc(CCCCCc2cc(F)c(N=[N+]=[N-])c(F)c2)cc1F. The van der Waals surface area contributed by atoms with E-state index in [4.69, 9.17) is 5.53 Å². The van der Waals surface area contributed by atoms with Crippen molar-refractivity contribution in [2.45, 2.75) is 39.0 Å². The van der Waals surface area contributed by atoms with Crippen molar-refractivity contribution in [3.63, 3.8) is 0 Å². The highest BCUT2D eigenvalue weighted by Gasteiger charge is 2.10. The highest BCUT2D eigenvalue weighted by molar-refractivity contribution is 5.42. The largest absolute Gasteiger partial charge is 0.207 e. The molecule has 0 N–H and O–H groups in total. The Morgan fingerprint density at radius 3 is 1.68 bits per heavy atom. The lowest BCUT2D eigenvalue weighted by atomic mass is 10.0. The van der Waals surface area contributed by atoms with Crippen molar-refractivity contribution in [1.82, 2.24) is 0 Å². The third-order valence-electron chi connectivity index (χ3n) is 3.99. The van der Waals surface area contributed by atoms with Crippen molar-refractivity contribution in [3.05, 3.63) is 74.7 Å². The van der Waals surface area contributed by atoms with E-state index in [1.807, 2.05) is 0 Å². The maximum absolute atomic E-state index is 13.6. The molecule has 0 saturated heterocycles. The molecule has 7 heteroatoms. The van der Waals surface area contributed by atoms with Crippen LogP contribution in [0, 0.1) is 30.2 Å². The van der Waals surface area contributed by atoms with E-state index in [-0.39, 0.29) is 5.56 Å². The molecule has 0 saturated carbocycles. The first-order valence-electron chi connectivity index (χ1n) is 7.90. The van der Waals surface area contributed by atoms with Gasteiger partial charge in [0.25, 0.3) is 0 Å². The van der Waals surface area contributed by atoms with E-state index in [1.165, 1.54) is 19.1 Å². The van der Waals surface area contributed by atoms with Gasteiger partial charge in [-0.3, -0.25) is 0 Å². The Balaban J connectivity index is 1.85. The lowest BCUT2D eigenvalue weighted by Gasteiger charge is -2.06. The van der Waals surface area contributed by atoms with Crippen LogP contribution in [0.5, 0.6) is 0 Å². The minimum absolute atomic E-state index is 0.0111. The molecule has 0 bridgehead atoms. The van der Waals surface area contributed by atoms with Crippen molar-refractivity contribution >= 4 is 5.69 Å². The van der Waals surface area contributed by atoms with E-state index in [0.717, 1.165) is 18.6 Å². The van der Waals surface area contributed by atoms with Crippen LogP contribution >= 0.6 is 0 Å². The molecule has 132 valence electrons. The Morgan fingerprint density at radius 2 is 1.24 bits per heavy atom. The molecule has 0 spiro atoms. The molecule has 0 aliphatic carbocycles. The first kappa shape index (κ1) is 18.8. The zero-order valence-corrected chi connectivity index (χ0v) is 13.7. The molecule has 25 heavy (non-hydrogen) atoms. The molecule has 0 aliphatic rings. The first-order valence-corrected chi connectivity index (χ1v) is 7.90. The number of nitrogens with zero attached hydrogens (tertiary/aromatic N) is 3. The first-order chi connectivity index (χ1) is 11.9. The van der Waals surface area contributed by atoms with Gasteiger partial charge in [-0.25, -0.2) is 17.6 Å². The summed E-state index contributed by atoms with van der Waals surface area (Å²) in [4.78, 5) is 2.38. The van der Waals surface area contributed by atoms with E-state index in [9.17, 15) is 17.6 Å². The fourth-order valence-electron chi connectivity index (χ4n) is 2.58. The maximum atomic E-state index is 13.6. The van der Waals surface area contributed by atoms with E-state index in [0.29, 0.717) is 36.8 Å². The van der Waals surface area contributed by atoms with Gasteiger partial charge in [-0.2, -0.15) is 0 Å². The van der Waals surface area contributed by atoms with Gasteiger partial charge < -0.3 is 0 Å². The van der Waals surface area contributed by atoms with Crippen molar-refractivity contribution < 1.29 is 17.6 Å². The summed E-state index contributed by atoms with van der Waals surface area (Å²) in [6.45, 7) is 1.39. The van der Waals surface area contributed by atoms with Gasteiger partial charge in [-0.05, 0) is 73.5 Å². The summed E-state index contributed by atoms with van der Waals surface area (Å²) in [5.74, 6) is -2.89. The Morgan fingerprint density at radius 1 is 0.800 bits per heavy atom. The molecular formula is C18H17F4N3. The van der Waals surface area contributed by atoms with Gasteiger partial charge in [0.15, 0.2) is 0 Å². The van der Waals surface area contributed by atoms with Crippen LogP contribution in [0.3, 0.4) is 0 Å². The van der Waals surface area contributed by atoms with Gasteiger partial charge in [-0.1, -0.05) is 11.5 Å². The highest BCUT2D eigenvalue weighted by Crippen LogP contribution is 2.25. The molecule has 2 aromatic rings. The zero-order valence-electron chi connectivity index (χ0n) is 13.7. The second-order valence-corrected chi connectivity index (χ2v) is 5.84. The second-order valence-electron chi connectivity index (χ2n) is 5.84. The van der Waals surface area contributed by atoms with Gasteiger partial charge in [0.2, 0.25) is 0 Å². The minimum Gasteiger partial charge on any atom is -0.207 e. The number of benzene rings is 2. The molecular weight excluding hydrogens is 334 g/mol. The van der Waals surface area contributed by atoms with Crippen molar-refractivity contribution in [1.29, 1.82) is 0 Å². The summed E-state index contributed by atoms with van der Waals surface area (Å²) in [6, 6.07) is 4.96. The van der Waals surface area contributed by atoms with Crippen molar-refractivity contribution in [2.24, 2.45) is 5.11 Å². The lowest BCUT2D eigenvalue weighted by Crippen LogP contribution is -1.95. The summed E-state index contributed by atoms with van der Waals surface area (Å²) >= 11 is 0. The lowest BCUT2D eigenvalue weighted by molar-refractivity contribution is 0.562. The van der Waals surface area contributed by atoms with Crippen LogP contribution in [0.15, 0.2) is 29.4 Å². The Labute approximate surface area is 142 Å². The molecule has 0 unspecified atom stereocenters. The normalized spacial score (nSPS) is 10.6. The molecule has 0 radical (unpaired) electrons. The summed E-state index contributed by atoms with van der Waals surface area (Å²) in [5, 5.41) is 2.98. The van der Waals surface area contributed by atoms with Crippen LogP contribution in [-0.2, 0) is 12.8 Å². The quantitative estimate of drug-likeness (QED) is 0.181. The fraction of sp³-hybridized carbons (Fsp3) is 0.333. The average molecular weight is 351 g/mol. The predicted molar refractivity (Wildman–Crippen MR) is 87.5 cm³/mol. The highest BCUT2D eigenvalue weighted by atomic mass is 19.1. The number of hydrogen-bond donors (Lipinski definition) is 0. The summed E-state index contributed by atoms with van der Waals surface area (Å²) in [7, 11) is 0. The molecule has 0 aromatic heterocycles. The topological polar surface area (TPSA) is 48.8 Å². The summed E-state index contributed by atoms with van der Waals surface area (Å²) in [6.07, 6.45) is 3.13. The number of rotatable bonds is 7. The Kier molecular flexibility index (Phi) is 6.42. The number of aryl methyl sites for hydroxylation is 2. The van der Waals surface area contributed by atoms with Crippen LogP contribution in [0.25, 0.3) is 10.4 Å². The van der Waals surface area contributed by atoms with Gasteiger partial charge in [0.05, 0.1) is 0 Å². The molecule has 0 fully saturated rings. The van der Waals surface area contributed by atoms with E-state index < -0.39 is 29.0 Å². The van der Waals surface area contributed by atoms with Crippen LogP contribution < -0.4 is 0 Å². The van der Waals surface area contributed by atoms with E-state index in [2.05, 4.69) is 10.0 Å². The third-order valence-corrected chi connectivity index (χ3v) is 3.99. The van der Waals surface area contributed by atoms with E-state index in [1.54, 1.807) is 0 Å². The van der Waals surface area contributed by atoms with Crippen molar-refractivity contribution in [3.8, 4) is 0 Å². The molecule has 3 nitrogen and oxygen atoms in total. The molecule has 0 atom stereocenters. The van der Waals surface area contributed by atoms with Gasteiger partial charge in [0, 0.05) is 10.5 Å². The second kappa shape index (κ2) is 8.53. The van der Waals surface area contributed by atoms with E-state index >= 15 is 0 Å². The summed E-state index contributed by atoms with van der Waals surface area (Å²) < 4.78 is 54.2. The Bertz CT molecular complexity index is 768. The number of azide groups is 1. The van der Waals surface area contributed by atoms with Crippen LogP contribution in [0.1, 0.15) is 36.0 Å². The Hall–Kier alpha value is -2.53. The van der Waals surface area contributed by atoms with Crippen LogP contribution in [0.2, 0.25) is 0 Å². The number of halogens is 4. The minimum atomic E-state index is -0.890. The predicted octanol–water partition coefficient (Wildman–Crippen LogP) is 6.45. The molecule has 0 amide bonds. The molecule has 2 aromatic carbocycles. The third kappa shape index (κ3) is 4.97.